The van der Waals surface area contributed by atoms with Crippen LogP contribution in [0.5, 0.6) is 0 Å². The van der Waals surface area contributed by atoms with Gasteiger partial charge in [0, 0.05) is 25.5 Å². The number of aromatic nitrogens is 1. The second kappa shape index (κ2) is 4.72. The fourth-order valence-corrected chi connectivity index (χ4v) is 2.47. The first-order valence-electron chi connectivity index (χ1n) is 6.34. The maximum Gasteiger partial charge on any atom is 0.262 e. The van der Waals surface area contributed by atoms with Crippen LogP contribution in [0.15, 0.2) is 42.6 Å². The normalized spacial score (nSPS) is 13.2. The van der Waals surface area contributed by atoms with E-state index in [1.807, 2.05) is 29.2 Å². The number of fused-ring (bicyclic) bond motifs is 1. The number of nitrogens with zero attached hydrogens (tertiary/aromatic N) is 2. The molecule has 1 aromatic heterocycles. The summed E-state index contributed by atoms with van der Waals surface area (Å²) in [5.41, 5.74) is 2.85. The minimum atomic E-state index is 0.00222. The predicted octanol–water partition coefficient (Wildman–Crippen LogP) is 2.33. The highest BCUT2D eigenvalue weighted by atomic mass is 16.2. The van der Waals surface area contributed by atoms with E-state index in [4.69, 9.17) is 0 Å². The molecule has 96 valence electrons. The third kappa shape index (κ3) is 1.95. The molecule has 1 N–H and O–H groups in total. The molecule has 2 aromatic rings. The molecule has 0 unspecified atom stereocenters. The molecule has 0 radical (unpaired) electrons. The highest BCUT2D eigenvalue weighted by molar-refractivity contribution is 6.10. The Morgan fingerprint density at radius 2 is 2.11 bits per heavy atom. The molecule has 4 nitrogen and oxygen atoms in total. The molecule has 1 aromatic carbocycles. The van der Waals surface area contributed by atoms with E-state index in [-0.39, 0.29) is 5.91 Å². The predicted molar refractivity (Wildman–Crippen MR) is 75.6 cm³/mol. The number of nitrogens with one attached hydrogen (secondary N) is 1. The molecule has 19 heavy (non-hydrogen) atoms. The van der Waals surface area contributed by atoms with Crippen LogP contribution in [-0.4, -0.2) is 24.5 Å². The maximum absolute atomic E-state index is 12.6. The Morgan fingerprint density at radius 3 is 2.95 bits per heavy atom. The highest BCUT2D eigenvalue weighted by Gasteiger charge is 2.26. The fourth-order valence-electron chi connectivity index (χ4n) is 2.47. The summed E-state index contributed by atoms with van der Waals surface area (Å²) in [7, 11) is 1.77. The summed E-state index contributed by atoms with van der Waals surface area (Å²) < 4.78 is 0. The SMILES string of the molecule is CNc1ncccc1C(=O)N1CCc2ccccc21. The van der Waals surface area contributed by atoms with Crippen LogP contribution >= 0.6 is 0 Å². The molecule has 0 spiro atoms. The summed E-state index contributed by atoms with van der Waals surface area (Å²) in [5, 5.41) is 2.97. The molecule has 4 heteroatoms. The average Bonchev–Trinajstić information content (AvgIpc) is 2.90. The maximum atomic E-state index is 12.6. The second-order valence-electron chi connectivity index (χ2n) is 4.49. The van der Waals surface area contributed by atoms with Gasteiger partial charge in [-0.05, 0) is 30.2 Å². The summed E-state index contributed by atoms with van der Waals surface area (Å²) in [4.78, 5) is 18.6. The first kappa shape index (κ1) is 11.7. The van der Waals surface area contributed by atoms with Crippen LogP contribution in [0, 0.1) is 0 Å². The van der Waals surface area contributed by atoms with Gasteiger partial charge in [0.1, 0.15) is 5.82 Å². The zero-order chi connectivity index (χ0) is 13.2. The molecular weight excluding hydrogens is 238 g/mol. The van der Waals surface area contributed by atoms with Crippen molar-refractivity contribution < 1.29 is 4.79 Å². The molecule has 3 rings (SSSR count). The summed E-state index contributed by atoms with van der Waals surface area (Å²) in [6, 6.07) is 11.6. The van der Waals surface area contributed by atoms with Crippen molar-refractivity contribution in [1.82, 2.24) is 4.98 Å². The van der Waals surface area contributed by atoms with Crippen molar-refractivity contribution in [2.45, 2.75) is 6.42 Å². The zero-order valence-corrected chi connectivity index (χ0v) is 10.8. The molecular formula is C15H15N3O. The molecule has 0 atom stereocenters. The lowest BCUT2D eigenvalue weighted by Gasteiger charge is -2.18. The van der Waals surface area contributed by atoms with Crippen molar-refractivity contribution in [2.75, 3.05) is 23.8 Å². The van der Waals surface area contributed by atoms with Crippen molar-refractivity contribution in [2.24, 2.45) is 0 Å². The third-order valence-electron chi connectivity index (χ3n) is 3.41. The third-order valence-corrected chi connectivity index (χ3v) is 3.41. The van der Waals surface area contributed by atoms with Crippen LogP contribution in [0.25, 0.3) is 0 Å². The van der Waals surface area contributed by atoms with E-state index >= 15 is 0 Å². The van der Waals surface area contributed by atoms with Gasteiger partial charge in [0.05, 0.1) is 5.56 Å². The zero-order valence-electron chi connectivity index (χ0n) is 10.8. The number of hydrogen-bond donors (Lipinski definition) is 1. The summed E-state index contributed by atoms with van der Waals surface area (Å²) in [5.74, 6) is 0.624. The molecule has 0 aliphatic carbocycles. The van der Waals surface area contributed by atoms with Gasteiger partial charge in [-0.15, -0.1) is 0 Å². The van der Waals surface area contributed by atoms with Gasteiger partial charge >= 0.3 is 0 Å². The van der Waals surface area contributed by atoms with E-state index in [0.29, 0.717) is 11.4 Å². The van der Waals surface area contributed by atoms with Gasteiger partial charge in [0.15, 0.2) is 0 Å². The van der Waals surface area contributed by atoms with E-state index in [2.05, 4.69) is 16.4 Å². The minimum Gasteiger partial charge on any atom is -0.372 e. The lowest BCUT2D eigenvalue weighted by atomic mass is 10.1. The fraction of sp³-hybridized carbons (Fsp3) is 0.200. The van der Waals surface area contributed by atoms with Crippen molar-refractivity contribution in [3.05, 3.63) is 53.7 Å². The largest absolute Gasteiger partial charge is 0.372 e. The standard InChI is InChI=1S/C15H15N3O/c1-16-14-12(6-4-9-17-14)15(19)18-10-8-11-5-2-3-7-13(11)18/h2-7,9H,8,10H2,1H3,(H,16,17). The number of hydrogen-bond acceptors (Lipinski definition) is 3. The second-order valence-corrected chi connectivity index (χ2v) is 4.49. The van der Waals surface area contributed by atoms with E-state index in [9.17, 15) is 4.79 Å². The molecule has 1 amide bonds. The van der Waals surface area contributed by atoms with E-state index in [1.54, 1.807) is 19.3 Å². The molecule has 2 heterocycles. The Balaban J connectivity index is 1.98. The van der Waals surface area contributed by atoms with Gasteiger partial charge < -0.3 is 10.2 Å². The Bertz CT molecular complexity index is 624. The Labute approximate surface area is 112 Å². The molecule has 1 aliphatic heterocycles. The summed E-state index contributed by atoms with van der Waals surface area (Å²) in [6.45, 7) is 0.732. The number of carbonyl (C=O) groups is 1. The van der Waals surface area contributed by atoms with Crippen LogP contribution in [0.1, 0.15) is 15.9 Å². The Morgan fingerprint density at radius 1 is 1.26 bits per heavy atom. The number of rotatable bonds is 2. The minimum absolute atomic E-state index is 0.00222. The molecule has 0 saturated carbocycles. The van der Waals surface area contributed by atoms with E-state index < -0.39 is 0 Å². The molecule has 0 saturated heterocycles. The highest BCUT2D eigenvalue weighted by Crippen LogP contribution is 2.29. The van der Waals surface area contributed by atoms with Crippen LogP contribution < -0.4 is 10.2 Å². The Kier molecular flexibility index (Phi) is 2.91. The van der Waals surface area contributed by atoms with Gasteiger partial charge in [-0.3, -0.25) is 4.79 Å². The Hall–Kier alpha value is -2.36. The number of amides is 1. The molecule has 0 bridgehead atoms. The van der Waals surface area contributed by atoms with Crippen LogP contribution in [-0.2, 0) is 6.42 Å². The van der Waals surface area contributed by atoms with Gasteiger partial charge in [-0.25, -0.2) is 4.98 Å². The monoisotopic (exact) mass is 253 g/mol. The number of para-hydroxylation sites is 1. The number of pyridine rings is 1. The van der Waals surface area contributed by atoms with Crippen LogP contribution in [0.3, 0.4) is 0 Å². The number of benzene rings is 1. The van der Waals surface area contributed by atoms with Gasteiger partial charge in [0.2, 0.25) is 0 Å². The average molecular weight is 253 g/mol. The first-order valence-corrected chi connectivity index (χ1v) is 6.34. The van der Waals surface area contributed by atoms with Crippen molar-refractivity contribution in [1.29, 1.82) is 0 Å². The van der Waals surface area contributed by atoms with Crippen molar-refractivity contribution >= 4 is 17.4 Å². The smallest absolute Gasteiger partial charge is 0.262 e. The van der Waals surface area contributed by atoms with Gasteiger partial charge in [-0.2, -0.15) is 0 Å². The summed E-state index contributed by atoms with van der Waals surface area (Å²) >= 11 is 0. The van der Waals surface area contributed by atoms with Gasteiger partial charge in [0.25, 0.3) is 5.91 Å². The lowest BCUT2D eigenvalue weighted by Crippen LogP contribution is -2.29. The quantitative estimate of drug-likeness (QED) is 0.893. The van der Waals surface area contributed by atoms with Crippen molar-refractivity contribution in [3.63, 3.8) is 0 Å². The molecule has 0 fully saturated rings. The molecule has 1 aliphatic rings. The number of anilines is 2. The van der Waals surface area contributed by atoms with E-state index in [1.165, 1.54) is 5.56 Å². The lowest BCUT2D eigenvalue weighted by molar-refractivity contribution is 0.0990. The first-order chi connectivity index (χ1) is 9.31. The summed E-state index contributed by atoms with van der Waals surface area (Å²) in [6.07, 6.45) is 2.59. The van der Waals surface area contributed by atoms with Gasteiger partial charge in [-0.1, -0.05) is 18.2 Å². The van der Waals surface area contributed by atoms with E-state index in [0.717, 1.165) is 18.7 Å². The van der Waals surface area contributed by atoms with Crippen molar-refractivity contribution in [3.8, 4) is 0 Å². The topological polar surface area (TPSA) is 45.2 Å². The van der Waals surface area contributed by atoms with Crippen LogP contribution in [0.4, 0.5) is 11.5 Å². The van der Waals surface area contributed by atoms with Crippen LogP contribution in [0.2, 0.25) is 0 Å². The number of carbonyl (C=O) groups excluding carboxylic acids is 1.